The molecule has 102 valence electrons. The fourth-order valence-corrected chi connectivity index (χ4v) is 3.61. The second-order valence-corrected chi connectivity index (χ2v) is 6.99. The first-order valence-electron chi connectivity index (χ1n) is 6.69. The van der Waals surface area contributed by atoms with Crippen molar-refractivity contribution in [3.8, 4) is 5.69 Å². The van der Waals surface area contributed by atoms with Gasteiger partial charge in [-0.05, 0) is 68.9 Å². The molecule has 3 aromatic carbocycles. The van der Waals surface area contributed by atoms with Gasteiger partial charge in [0.2, 0.25) is 0 Å². The summed E-state index contributed by atoms with van der Waals surface area (Å²) in [4.78, 5) is 0. The molecule has 0 bridgehead atoms. The maximum atomic E-state index is 3.65. The molecule has 0 aliphatic carbocycles. The van der Waals surface area contributed by atoms with E-state index in [-0.39, 0.29) is 0 Å². The maximum absolute atomic E-state index is 3.65. The number of benzene rings is 3. The number of hydrogen-bond donors (Lipinski definition) is 0. The Labute approximate surface area is 144 Å². The summed E-state index contributed by atoms with van der Waals surface area (Å²) in [6, 6.07) is 23.6. The molecule has 4 rings (SSSR count). The average Bonchev–Trinajstić information content (AvgIpc) is 2.82. The fourth-order valence-electron chi connectivity index (χ4n) is 2.82. The molecule has 0 saturated heterocycles. The molecule has 0 spiro atoms. The number of fused-ring (bicyclic) bond motifs is 3. The highest BCUT2D eigenvalue weighted by molar-refractivity contribution is 14.1. The van der Waals surface area contributed by atoms with Gasteiger partial charge < -0.3 is 4.57 Å². The molecule has 0 aliphatic rings. The fraction of sp³-hybridized carbons (Fsp3) is 0. The molecule has 0 aliphatic heterocycles. The number of para-hydroxylation sites is 2. The minimum absolute atomic E-state index is 1.14. The van der Waals surface area contributed by atoms with Crippen LogP contribution in [0.15, 0.2) is 71.2 Å². The average molecular weight is 448 g/mol. The summed E-state index contributed by atoms with van der Waals surface area (Å²) in [5.41, 5.74) is 3.68. The van der Waals surface area contributed by atoms with E-state index in [0.29, 0.717) is 0 Å². The number of aromatic nitrogens is 1. The standard InChI is InChI=1S/C18H11BrIN/c19-15-10-14-13-8-4-5-9-17(13)21(18(14)11-16(15)20)12-6-2-1-3-7-12/h1-11H. The van der Waals surface area contributed by atoms with Crippen LogP contribution in [0, 0.1) is 3.57 Å². The third-order valence-corrected chi connectivity index (χ3v) is 6.02. The van der Waals surface area contributed by atoms with E-state index in [4.69, 9.17) is 0 Å². The smallest absolute Gasteiger partial charge is 0.0552 e. The Morgan fingerprint density at radius 3 is 2.29 bits per heavy atom. The summed E-state index contributed by atoms with van der Waals surface area (Å²) in [7, 11) is 0. The summed E-state index contributed by atoms with van der Waals surface area (Å²) in [6.07, 6.45) is 0. The maximum Gasteiger partial charge on any atom is 0.0552 e. The van der Waals surface area contributed by atoms with Gasteiger partial charge in [0.1, 0.15) is 0 Å². The quantitative estimate of drug-likeness (QED) is 0.308. The number of hydrogen-bond acceptors (Lipinski definition) is 0. The van der Waals surface area contributed by atoms with Crippen LogP contribution < -0.4 is 0 Å². The molecule has 0 radical (unpaired) electrons. The van der Waals surface area contributed by atoms with Gasteiger partial charge in [0.15, 0.2) is 0 Å². The van der Waals surface area contributed by atoms with Crippen LogP contribution in [0.1, 0.15) is 0 Å². The largest absolute Gasteiger partial charge is 0.309 e. The van der Waals surface area contributed by atoms with Crippen molar-refractivity contribution in [2.75, 3.05) is 0 Å². The molecule has 1 aromatic heterocycles. The van der Waals surface area contributed by atoms with Crippen molar-refractivity contribution in [2.45, 2.75) is 0 Å². The van der Waals surface area contributed by atoms with Crippen LogP contribution in [0.5, 0.6) is 0 Å². The van der Waals surface area contributed by atoms with E-state index < -0.39 is 0 Å². The monoisotopic (exact) mass is 447 g/mol. The summed E-state index contributed by atoms with van der Waals surface area (Å²) < 4.78 is 4.70. The second kappa shape index (κ2) is 5.14. The lowest BCUT2D eigenvalue weighted by Gasteiger charge is -2.07. The lowest BCUT2D eigenvalue weighted by molar-refractivity contribution is 1.18. The van der Waals surface area contributed by atoms with E-state index in [1.165, 1.54) is 31.1 Å². The zero-order chi connectivity index (χ0) is 14.4. The van der Waals surface area contributed by atoms with Gasteiger partial charge in [0.05, 0.1) is 11.0 Å². The highest BCUT2D eigenvalue weighted by atomic mass is 127. The number of halogens is 2. The Morgan fingerprint density at radius 2 is 1.48 bits per heavy atom. The molecule has 0 N–H and O–H groups in total. The Kier molecular flexibility index (Phi) is 3.27. The van der Waals surface area contributed by atoms with Crippen LogP contribution >= 0.6 is 38.5 Å². The molecule has 1 nitrogen and oxygen atoms in total. The van der Waals surface area contributed by atoms with Crippen molar-refractivity contribution in [1.29, 1.82) is 0 Å². The van der Waals surface area contributed by atoms with E-state index in [2.05, 4.69) is 110 Å². The normalized spacial score (nSPS) is 11.3. The first-order chi connectivity index (χ1) is 10.3. The summed E-state index contributed by atoms with van der Waals surface area (Å²) >= 11 is 6.02. The summed E-state index contributed by atoms with van der Waals surface area (Å²) in [6.45, 7) is 0. The van der Waals surface area contributed by atoms with Crippen LogP contribution in [-0.4, -0.2) is 4.57 Å². The third kappa shape index (κ3) is 2.10. The van der Waals surface area contributed by atoms with Gasteiger partial charge in [-0.2, -0.15) is 0 Å². The predicted molar refractivity (Wildman–Crippen MR) is 101 cm³/mol. The van der Waals surface area contributed by atoms with Crippen LogP contribution in [-0.2, 0) is 0 Å². The van der Waals surface area contributed by atoms with E-state index in [0.717, 1.165) is 4.47 Å². The van der Waals surface area contributed by atoms with Crippen LogP contribution in [0.3, 0.4) is 0 Å². The molecule has 0 saturated carbocycles. The summed E-state index contributed by atoms with van der Waals surface area (Å²) in [5.74, 6) is 0. The SMILES string of the molecule is Brc1cc2c3ccccc3n(-c3ccccc3)c2cc1I. The van der Waals surface area contributed by atoms with Crippen molar-refractivity contribution in [2.24, 2.45) is 0 Å². The Bertz CT molecular complexity index is 957. The van der Waals surface area contributed by atoms with Crippen molar-refractivity contribution in [1.82, 2.24) is 4.57 Å². The van der Waals surface area contributed by atoms with Gasteiger partial charge in [-0.25, -0.2) is 0 Å². The zero-order valence-electron chi connectivity index (χ0n) is 11.1. The first-order valence-corrected chi connectivity index (χ1v) is 8.56. The lowest BCUT2D eigenvalue weighted by Crippen LogP contribution is -1.93. The molecule has 0 unspecified atom stereocenters. The van der Waals surface area contributed by atoms with Crippen molar-refractivity contribution in [3.05, 3.63) is 74.8 Å². The molecular weight excluding hydrogens is 437 g/mol. The third-order valence-electron chi connectivity index (χ3n) is 3.73. The molecule has 0 amide bonds. The van der Waals surface area contributed by atoms with Gasteiger partial charge in [-0.15, -0.1) is 0 Å². The number of rotatable bonds is 1. The first kappa shape index (κ1) is 13.3. The highest BCUT2D eigenvalue weighted by Crippen LogP contribution is 2.35. The van der Waals surface area contributed by atoms with Crippen LogP contribution in [0.4, 0.5) is 0 Å². The van der Waals surface area contributed by atoms with Gasteiger partial charge in [0, 0.05) is 24.5 Å². The Balaban J connectivity index is 2.24. The molecular formula is C18H11BrIN. The van der Waals surface area contributed by atoms with E-state index in [9.17, 15) is 0 Å². The van der Waals surface area contributed by atoms with Crippen molar-refractivity contribution in [3.63, 3.8) is 0 Å². The molecule has 0 atom stereocenters. The molecule has 1 heterocycles. The number of nitrogens with zero attached hydrogens (tertiary/aromatic N) is 1. The zero-order valence-corrected chi connectivity index (χ0v) is 14.8. The Hall–Kier alpha value is -1.33. The molecule has 4 aromatic rings. The van der Waals surface area contributed by atoms with Crippen LogP contribution in [0.25, 0.3) is 27.5 Å². The highest BCUT2D eigenvalue weighted by Gasteiger charge is 2.13. The minimum atomic E-state index is 1.14. The van der Waals surface area contributed by atoms with E-state index in [1.54, 1.807) is 0 Å². The predicted octanol–water partition coefficient (Wildman–Crippen LogP) is 6.15. The minimum Gasteiger partial charge on any atom is -0.309 e. The molecule has 0 fully saturated rings. The van der Waals surface area contributed by atoms with E-state index >= 15 is 0 Å². The lowest BCUT2D eigenvalue weighted by atomic mass is 10.2. The van der Waals surface area contributed by atoms with E-state index in [1.807, 2.05) is 0 Å². The van der Waals surface area contributed by atoms with Gasteiger partial charge in [0.25, 0.3) is 0 Å². The van der Waals surface area contributed by atoms with Crippen molar-refractivity contribution >= 4 is 60.3 Å². The van der Waals surface area contributed by atoms with Gasteiger partial charge in [-0.1, -0.05) is 36.4 Å². The summed E-state index contributed by atoms with van der Waals surface area (Å²) in [5, 5.41) is 2.56. The Morgan fingerprint density at radius 1 is 0.762 bits per heavy atom. The second-order valence-electron chi connectivity index (χ2n) is 4.97. The topological polar surface area (TPSA) is 4.93 Å². The van der Waals surface area contributed by atoms with Crippen molar-refractivity contribution < 1.29 is 0 Å². The van der Waals surface area contributed by atoms with Crippen LogP contribution in [0.2, 0.25) is 0 Å². The molecule has 21 heavy (non-hydrogen) atoms. The van der Waals surface area contributed by atoms with Gasteiger partial charge in [-0.3, -0.25) is 0 Å². The van der Waals surface area contributed by atoms with Gasteiger partial charge >= 0.3 is 0 Å². The molecule has 3 heteroatoms.